The first kappa shape index (κ1) is 28.7. The molecule has 4 N–H and O–H groups in total. The van der Waals surface area contributed by atoms with E-state index in [1.54, 1.807) is 25.7 Å². The lowest BCUT2D eigenvalue weighted by molar-refractivity contribution is 0.408. The van der Waals surface area contributed by atoms with E-state index in [1.807, 2.05) is 35.0 Å². The Labute approximate surface area is 239 Å². The topological polar surface area (TPSA) is 124 Å². The second-order valence-electron chi connectivity index (χ2n) is 10.4. The molecule has 0 amide bonds. The van der Waals surface area contributed by atoms with Crippen molar-refractivity contribution < 1.29 is 17.5 Å². The van der Waals surface area contributed by atoms with Gasteiger partial charge in [-0.05, 0) is 72.8 Å². The van der Waals surface area contributed by atoms with Crippen LogP contribution in [0.25, 0.3) is 10.9 Å². The monoisotopic (exact) mass is 578 g/mol. The highest BCUT2D eigenvalue weighted by Gasteiger charge is 2.34. The Bertz CT molecular complexity index is 1690. The summed E-state index contributed by atoms with van der Waals surface area (Å²) in [5.41, 5.74) is 11.2. The zero-order chi connectivity index (χ0) is 29.0. The van der Waals surface area contributed by atoms with Gasteiger partial charge in [0.05, 0.1) is 43.1 Å². The smallest absolute Gasteiger partial charge is 0.163 e. The number of nitrogens with two attached hydrogens (primary N) is 1. The molecule has 5 rings (SSSR count). The summed E-state index contributed by atoms with van der Waals surface area (Å²) >= 11 is 0. The Morgan fingerprint density at radius 2 is 1.98 bits per heavy atom. The number of aryl methyl sites for hydroxylation is 1. The summed E-state index contributed by atoms with van der Waals surface area (Å²) in [6.45, 7) is 1.65. The maximum absolute atomic E-state index is 13.7. The maximum Gasteiger partial charge on any atom is 0.163 e. The van der Waals surface area contributed by atoms with Gasteiger partial charge in [-0.25, -0.2) is 17.8 Å². The lowest BCUT2D eigenvalue weighted by atomic mass is 9.87. The van der Waals surface area contributed by atoms with Crippen LogP contribution >= 0.6 is 0 Å². The van der Waals surface area contributed by atoms with Gasteiger partial charge in [-0.3, -0.25) is 10.4 Å². The zero-order valence-electron chi connectivity index (χ0n) is 23.2. The standard InChI is InChI=1S/C30H35FN6O3S/c1-40-29-17-27-26(16-22(29)7-3-4-11-33-12-13-41(2,38)39)30(32,35-20-34-27)24-9-10-28-23(15-24)18-36-37(28)19-21-6-5-8-25(31)14-21/h5-6,8-10,14-18,20,33H,3-4,7,11-13,19,32H2,1-2H3,(H,34,35). The Morgan fingerprint density at radius 3 is 2.76 bits per heavy atom. The van der Waals surface area contributed by atoms with Crippen LogP contribution in [0.4, 0.5) is 10.1 Å². The van der Waals surface area contributed by atoms with Crippen molar-refractivity contribution in [3.63, 3.8) is 0 Å². The molecule has 1 aliphatic rings. The SMILES string of the molecule is COc1cc2c(cc1CCCCNCCS(C)(=O)=O)C(N)(c1ccc3c(cnn3Cc3cccc(F)c3)c1)N=CN2. The molecule has 0 saturated heterocycles. The molecule has 9 nitrogen and oxygen atoms in total. The molecule has 0 fully saturated rings. The van der Waals surface area contributed by atoms with E-state index >= 15 is 0 Å². The van der Waals surface area contributed by atoms with Crippen LogP contribution in [0.15, 0.2) is 65.8 Å². The molecule has 1 aromatic heterocycles. The molecule has 0 spiro atoms. The minimum Gasteiger partial charge on any atom is -0.496 e. The van der Waals surface area contributed by atoms with Crippen LogP contribution in [0.5, 0.6) is 5.75 Å². The summed E-state index contributed by atoms with van der Waals surface area (Å²) < 4.78 is 43.8. The summed E-state index contributed by atoms with van der Waals surface area (Å²) in [4.78, 5) is 4.68. The fourth-order valence-corrected chi connectivity index (χ4v) is 5.67. The van der Waals surface area contributed by atoms with E-state index < -0.39 is 15.5 Å². The summed E-state index contributed by atoms with van der Waals surface area (Å²) in [6.07, 6.45) is 7.21. The number of ether oxygens (including phenoxy) is 1. The van der Waals surface area contributed by atoms with Crippen LogP contribution in [0, 0.1) is 5.82 Å². The number of unbranched alkanes of at least 4 members (excludes halogenated alkanes) is 1. The van der Waals surface area contributed by atoms with Gasteiger partial charge >= 0.3 is 0 Å². The van der Waals surface area contributed by atoms with Gasteiger partial charge in [0.2, 0.25) is 0 Å². The molecule has 216 valence electrons. The molecule has 0 saturated carbocycles. The fraction of sp³-hybridized carbons (Fsp3) is 0.333. The van der Waals surface area contributed by atoms with Crippen molar-refractivity contribution in [1.82, 2.24) is 15.1 Å². The van der Waals surface area contributed by atoms with Crippen molar-refractivity contribution >= 4 is 32.8 Å². The molecule has 1 aliphatic heterocycles. The van der Waals surface area contributed by atoms with E-state index in [4.69, 9.17) is 10.5 Å². The van der Waals surface area contributed by atoms with Gasteiger partial charge in [0.1, 0.15) is 21.4 Å². The number of aliphatic imine (C=N–C) groups is 1. The number of hydrogen-bond donors (Lipinski definition) is 3. The first-order valence-corrected chi connectivity index (χ1v) is 15.6. The van der Waals surface area contributed by atoms with Crippen molar-refractivity contribution in [2.75, 3.05) is 37.5 Å². The van der Waals surface area contributed by atoms with E-state index in [1.165, 1.54) is 18.4 Å². The van der Waals surface area contributed by atoms with E-state index in [0.717, 1.165) is 70.4 Å². The van der Waals surface area contributed by atoms with Crippen LogP contribution in [-0.2, 0) is 28.5 Å². The molecule has 0 radical (unpaired) electrons. The fourth-order valence-electron chi connectivity index (χ4n) is 5.15. The largest absolute Gasteiger partial charge is 0.496 e. The van der Waals surface area contributed by atoms with E-state index in [-0.39, 0.29) is 11.6 Å². The third kappa shape index (κ3) is 6.58. The van der Waals surface area contributed by atoms with Gasteiger partial charge in [-0.1, -0.05) is 18.2 Å². The van der Waals surface area contributed by atoms with Crippen molar-refractivity contribution in [2.24, 2.45) is 10.7 Å². The number of fused-ring (bicyclic) bond motifs is 2. The first-order chi connectivity index (χ1) is 19.7. The number of sulfone groups is 1. The number of hydrogen-bond acceptors (Lipinski definition) is 8. The molecular formula is C30H35FN6O3S. The summed E-state index contributed by atoms with van der Waals surface area (Å²) in [7, 11) is -1.31. The van der Waals surface area contributed by atoms with E-state index in [0.29, 0.717) is 13.1 Å². The maximum atomic E-state index is 13.7. The highest BCUT2D eigenvalue weighted by molar-refractivity contribution is 7.90. The molecule has 3 aromatic carbocycles. The van der Waals surface area contributed by atoms with Crippen LogP contribution in [0.2, 0.25) is 0 Å². The third-order valence-corrected chi connectivity index (χ3v) is 8.27. The van der Waals surface area contributed by atoms with Gasteiger partial charge in [0, 0.05) is 29.8 Å². The lowest BCUT2D eigenvalue weighted by Crippen LogP contribution is -2.39. The van der Waals surface area contributed by atoms with Crippen molar-refractivity contribution in [3.8, 4) is 5.75 Å². The Hall–Kier alpha value is -3.80. The highest BCUT2D eigenvalue weighted by Crippen LogP contribution is 2.40. The van der Waals surface area contributed by atoms with Crippen LogP contribution in [0.3, 0.4) is 0 Å². The summed E-state index contributed by atoms with van der Waals surface area (Å²) in [5, 5.41) is 11.8. The molecule has 2 heterocycles. The molecule has 0 aliphatic carbocycles. The molecule has 1 atom stereocenters. The molecule has 11 heteroatoms. The lowest BCUT2D eigenvalue weighted by Gasteiger charge is -2.32. The van der Waals surface area contributed by atoms with E-state index in [2.05, 4.69) is 26.8 Å². The first-order valence-electron chi connectivity index (χ1n) is 13.6. The quantitative estimate of drug-likeness (QED) is 0.219. The minimum absolute atomic E-state index is 0.136. The zero-order valence-corrected chi connectivity index (χ0v) is 24.0. The number of rotatable bonds is 12. The van der Waals surface area contributed by atoms with Crippen molar-refractivity contribution in [3.05, 3.63) is 88.9 Å². The molecule has 41 heavy (non-hydrogen) atoms. The predicted molar refractivity (Wildman–Crippen MR) is 161 cm³/mol. The van der Waals surface area contributed by atoms with Gasteiger partial charge in [-0.2, -0.15) is 5.10 Å². The number of methoxy groups -OCH3 is 1. The van der Waals surface area contributed by atoms with Crippen LogP contribution < -0.4 is 21.1 Å². The molecule has 1 unspecified atom stereocenters. The minimum atomic E-state index is -2.96. The second-order valence-corrected chi connectivity index (χ2v) is 12.7. The normalized spacial score (nSPS) is 16.5. The number of anilines is 1. The number of halogens is 1. The van der Waals surface area contributed by atoms with Crippen LogP contribution in [0.1, 0.15) is 35.1 Å². The summed E-state index contributed by atoms with van der Waals surface area (Å²) in [5.74, 6) is 0.635. The third-order valence-electron chi connectivity index (χ3n) is 7.32. The number of nitrogens with zero attached hydrogens (tertiary/aromatic N) is 3. The van der Waals surface area contributed by atoms with Crippen molar-refractivity contribution in [2.45, 2.75) is 31.5 Å². The highest BCUT2D eigenvalue weighted by atomic mass is 32.2. The molecular weight excluding hydrogens is 543 g/mol. The van der Waals surface area contributed by atoms with Gasteiger partial charge in [0.25, 0.3) is 0 Å². The second kappa shape index (κ2) is 12.0. The number of aromatic nitrogens is 2. The van der Waals surface area contributed by atoms with E-state index in [9.17, 15) is 12.8 Å². The number of nitrogens with one attached hydrogen (secondary N) is 2. The van der Waals surface area contributed by atoms with Crippen LogP contribution in [-0.4, -0.2) is 56.7 Å². The Balaban J connectivity index is 1.35. The molecule has 0 bridgehead atoms. The Morgan fingerprint density at radius 1 is 1.12 bits per heavy atom. The summed E-state index contributed by atoms with van der Waals surface area (Å²) in [6, 6.07) is 16.5. The van der Waals surface area contributed by atoms with Gasteiger partial charge < -0.3 is 15.4 Å². The van der Waals surface area contributed by atoms with Gasteiger partial charge in [0.15, 0.2) is 5.66 Å². The number of benzene rings is 3. The van der Waals surface area contributed by atoms with Gasteiger partial charge in [-0.15, -0.1) is 0 Å². The average molecular weight is 579 g/mol. The average Bonchev–Trinajstić information content (AvgIpc) is 3.33. The molecule has 4 aromatic rings. The Kier molecular flexibility index (Phi) is 8.39. The van der Waals surface area contributed by atoms with Crippen molar-refractivity contribution in [1.29, 1.82) is 0 Å². The predicted octanol–water partition coefficient (Wildman–Crippen LogP) is 3.80.